The van der Waals surface area contributed by atoms with Gasteiger partial charge in [-0.25, -0.2) is 4.98 Å². The standard InChI is InChI=1S/C18H23N5O3/c1-14-11-21-16(13-20-14)18(25)23(9-10-26-2)8-6-17(24)22-12-15-5-3-4-7-19-15/h3-5,7,11,13H,6,8-10,12H2,1-2H3,(H,22,24). The third-order valence-corrected chi connectivity index (χ3v) is 3.65. The van der Waals surface area contributed by atoms with Crippen LogP contribution in [0, 0.1) is 6.92 Å². The molecule has 0 spiro atoms. The van der Waals surface area contributed by atoms with E-state index < -0.39 is 0 Å². The van der Waals surface area contributed by atoms with Gasteiger partial charge in [-0.3, -0.25) is 19.6 Å². The first-order valence-electron chi connectivity index (χ1n) is 8.33. The van der Waals surface area contributed by atoms with Gasteiger partial charge < -0.3 is 15.0 Å². The number of aryl methyl sites for hydroxylation is 1. The Labute approximate surface area is 152 Å². The minimum Gasteiger partial charge on any atom is -0.383 e. The van der Waals surface area contributed by atoms with Crippen LogP contribution >= 0.6 is 0 Å². The van der Waals surface area contributed by atoms with Gasteiger partial charge in [-0.05, 0) is 19.1 Å². The van der Waals surface area contributed by atoms with Crippen LogP contribution in [0.5, 0.6) is 0 Å². The van der Waals surface area contributed by atoms with Gasteiger partial charge in [-0.1, -0.05) is 6.07 Å². The first-order chi connectivity index (χ1) is 12.6. The quantitative estimate of drug-likeness (QED) is 0.718. The van der Waals surface area contributed by atoms with Crippen LogP contribution in [-0.2, 0) is 16.1 Å². The number of pyridine rings is 1. The number of amides is 2. The van der Waals surface area contributed by atoms with Crippen LogP contribution in [0.2, 0.25) is 0 Å². The summed E-state index contributed by atoms with van der Waals surface area (Å²) in [4.78, 5) is 38.5. The maximum Gasteiger partial charge on any atom is 0.274 e. The first-order valence-corrected chi connectivity index (χ1v) is 8.33. The van der Waals surface area contributed by atoms with Crippen molar-refractivity contribution in [2.24, 2.45) is 0 Å². The molecule has 0 aromatic carbocycles. The third kappa shape index (κ3) is 6.21. The number of aromatic nitrogens is 3. The fourth-order valence-corrected chi connectivity index (χ4v) is 2.20. The second-order valence-corrected chi connectivity index (χ2v) is 5.68. The van der Waals surface area contributed by atoms with Crippen molar-refractivity contribution in [3.63, 3.8) is 0 Å². The molecule has 2 amide bonds. The lowest BCUT2D eigenvalue weighted by molar-refractivity contribution is -0.121. The average molecular weight is 357 g/mol. The van der Waals surface area contributed by atoms with E-state index in [4.69, 9.17) is 4.74 Å². The molecule has 0 fully saturated rings. The zero-order chi connectivity index (χ0) is 18.8. The lowest BCUT2D eigenvalue weighted by Gasteiger charge is -2.21. The lowest BCUT2D eigenvalue weighted by Crippen LogP contribution is -2.37. The van der Waals surface area contributed by atoms with E-state index in [-0.39, 0.29) is 30.5 Å². The molecule has 0 aliphatic carbocycles. The Kier molecular flexibility index (Phi) is 7.63. The zero-order valence-electron chi connectivity index (χ0n) is 15.0. The highest BCUT2D eigenvalue weighted by molar-refractivity contribution is 5.92. The second kappa shape index (κ2) is 10.2. The van der Waals surface area contributed by atoms with Crippen LogP contribution < -0.4 is 5.32 Å². The van der Waals surface area contributed by atoms with Gasteiger partial charge in [0.15, 0.2) is 0 Å². The molecule has 0 saturated heterocycles. The number of carbonyl (C=O) groups is 2. The summed E-state index contributed by atoms with van der Waals surface area (Å²) in [7, 11) is 1.56. The van der Waals surface area contributed by atoms with Crippen LogP contribution in [0.15, 0.2) is 36.8 Å². The summed E-state index contributed by atoms with van der Waals surface area (Å²) in [5, 5.41) is 2.80. The Morgan fingerprint density at radius 3 is 2.65 bits per heavy atom. The SMILES string of the molecule is COCCN(CCC(=O)NCc1ccccn1)C(=O)c1cnc(C)cn1. The number of hydrogen-bond donors (Lipinski definition) is 1. The minimum atomic E-state index is -0.271. The normalized spacial score (nSPS) is 10.4. The molecule has 2 rings (SSSR count). The van der Waals surface area contributed by atoms with Gasteiger partial charge in [0.05, 0.1) is 30.7 Å². The second-order valence-electron chi connectivity index (χ2n) is 5.68. The van der Waals surface area contributed by atoms with Crippen molar-refractivity contribution >= 4 is 11.8 Å². The summed E-state index contributed by atoms with van der Waals surface area (Å²) < 4.78 is 5.05. The summed E-state index contributed by atoms with van der Waals surface area (Å²) in [5.74, 6) is -0.423. The van der Waals surface area contributed by atoms with E-state index in [1.165, 1.54) is 6.20 Å². The van der Waals surface area contributed by atoms with E-state index in [0.717, 1.165) is 11.4 Å². The van der Waals surface area contributed by atoms with Crippen molar-refractivity contribution < 1.29 is 14.3 Å². The van der Waals surface area contributed by atoms with Gasteiger partial charge in [-0.2, -0.15) is 0 Å². The largest absolute Gasteiger partial charge is 0.383 e. The molecule has 0 bridgehead atoms. The number of ether oxygens (including phenoxy) is 1. The smallest absolute Gasteiger partial charge is 0.274 e. The molecule has 138 valence electrons. The molecule has 0 atom stereocenters. The molecule has 0 aliphatic rings. The Morgan fingerprint density at radius 2 is 2.00 bits per heavy atom. The molecule has 0 radical (unpaired) electrons. The molecule has 0 unspecified atom stereocenters. The van der Waals surface area contributed by atoms with E-state index in [0.29, 0.717) is 19.7 Å². The lowest BCUT2D eigenvalue weighted by atomic mass is 10.3. The van der Waals surface area contributed by atoms with E-state index in [1.54, 1.807) is 31.3 Å². The number of hydrogen-bond acceptors (Lipinski definition) is 6. The predicted octanol–water partition coefficient (Wildman–Crippen LogP) is 0.975. The molecule has 1 N–H and O–H groups in total. The van der Waals surface area contributed by atoms with Gasteiger partial charge in [0.1, 0.15) is 5.69 Å². The van der Waals surface area contributed by atoms with E-state index in [9.17, 15) is 9.59 Å². The van der Waals surface area contributed by atoms with Crippen LogP contribution in [0.4, 0.5) is 0 Å². The van der Waals surface area contributed by atoms with E-state index >= 15 is 0 Å². The minimum absolute atomic E-state index is 0.152. The number of nitrogens with one attached hydrogen (secondary N) is 1. The Bertz CT molecular complexity index is 707. The van der Waals surface area contributed by atoms with Crippen molar-refractivity contribution in [1.82, 2.24) is 25.2 Å². The van der Waals surface area contributed by atoms with Crippen molar-refractivity contribution in [2.45, 2.75) is 19.9 Å². The zero-order valence-corrected chi connectivity index (χ0v) is 15.0. The van der Waals surface area contributed by atoms with E-state index in [1.807, 2.05) is 18.2 Å². The van der Waals surface area contributed by atoms with Gasteiger partial charge in [0.2, 0.25) is 5.91 Å². The van der Waals surface area contributed by atoms with Gasteiger partial charge in [0, 0.05) is 39.0 Å². The fraction of sp³-hybridized carbons (Fsp3) is 0.389. The maximum atomic E-state index is 12.6. The average Bonchev–Trinajstić information content (AvgIpc) is 2.67. The molecular formula is C18H23N5O3. The molecule has 8 heteroatoms. The Hall–Kier alpha value is -2.87. The van der Waals surface area contributed by atoms with Crippen LogP contribution in [-0.4, -0.2) is 58.5 Å². The topological polar surface area (TPSA) is 97.3 Å². The van der Waals surface area contributed by atoms with Gasteiger partial charge in [0.25, 0.3) is 5.91 Å². The Morgan fingerprint density at radius 1 is 1.15 bits per heavy atom. The summed E-state index contributed by atoms with van der Waals surface area (Å²) in [6.45, 7) is 3.18. The number of nitrogens with zero attached hydrogens (tertiary/aromatic N) is 4. The number of carbonyl (C=O) groups excluding carboxylic acids is 2. The Balaban J connectivity index is 1.89. The van der Waals surface area contributed by atoms with Crippen LogP contribution in [0.25, 0.3) is 0 Å². The molecule has 2 aromatic rings. The third-order valence-electron chi connectivity index (χ3n) is 3.65. The monoisotopic (exact) mass is 357 g/mol. The molecular weight excluding hydrogens is 334 g/mol. The summed E-state index contributed by atoms with van der Waals surface area (Å²) in [5.41, 5.74) is 1.77. The number of rotatable bonds is 9. The van der Waals surface area contributed by atoms with Crippen LogP contribution in [0.3, 0.4) is 0 Å². The maximum absolute atomic E-state index is 12.6. The van der Waals surface area contributed by atoms with E-state index in [2.05, 4.69) is 20.3 Å². The molecule has 26 heavy (non-hydrogen) atoms. The van der Waals surface area contributed by atoms with Gasteiger partial charge in [-0.15, -0.1) is 0 Å². The number of methoxy groups -OCH3 is 1. The highest BCUT2D eigenvalue weighted by atomic mass is 16.5. The first kappa shape index (κ1) is 19.5. The van der Waals surface area contributed by atoms with Crippen molar-refractivity contribution in [3.8, 4) is 0 Å². The van der Waals surface area contributed by atoms with Crippen LogP contribution in [0.1, 0.15) is 28.3 Å². The molecule has 0 saturated carbocycles. The molecule has 8 nitrogen and oxygen atoms in total. The predicted molar refractivity (Wildman–Crippen MR) is 95.2 cm³/mol. The molecule has 0 aliphatic heterocycles. The van der Waals surface area contributed by atoms with Gasteiger partial charge >= 0.3 is 0 Å². The summed E-state index contributed by atoms with van der Waals surface area (Å²) in [6.07, 6.45) is 4.84. The summed E-state index contributed by atoms with van der Waals surface area (Å²) >= 11 is 0. The highest BCUT2D eigenvalue weighted by Gasteiger charge is 2.18. The fourth-order valence-electron chi connectivity index (χ4n) is 2.20. The van der Waals surface area contributed by atoms with Crippen molar-refractivity contribution in [1.29, 1.82) is 0 Å². The summed E-state index contributed by atoms with van der Waals surface area (Å²) in [6, 6.07) is 5.52. The van der Waals surface area contributed by atoms with Crippen molar-refractivity contribution in [3.05, 3.63) is 53.9 Å². The molecule has 2 aromatic heterocycles. The highest BCUT2D eigenvalue weighted by Crippen LogP contribution is 2.03. The van der Waals surface area contributed by atoms with Crippen molar-refractivity contribution in [2.75, 3.05) is 26.8 Å². The molecule has 2 heterocycles.